The topological polar surface area (TPSA) is 79.5 Å². The molecule has 0 fully saturated rings. The summed E-state index contributed by atoms with van der Waals surface area (Å²) in [5.74, 6) is 0.809. The SMILES string of the molecule is CN(C)C(CNC(=O)NCc1ccc(Cn2ccccc2=O)cc1)c1ccco1. The molecule has 0 saturated heterocycles. The van der Waals surface area contributed by atoms with Crippen molar-refractivity contribution in [2.45, 2.75) is 19.1 Å². The van der Waals surface area contributed by atoms with E-state index in [1.165, 1.54) is 0 Å². The molecule has 1 unspecified atom stereocenters. The van der Waals surface area contributed by atoms with Crippen molar-refractivity contribution in [3.05, 3.63) is 94.3 Å². The van der Waals surface area contributed by atoms with E-state index in [9.17, 15) is 9.59 Å². The molecule has 0 bridgehead atoms. The number of carbonyl (C=O) groups is 1. The number of likely N-dealkylation sites (N-methyl/N-ethyl adjacent to an activating group) is 1. The number of urea groups is 1. The van der Waals surface area contributed by atoms with Gasteiger partial charge >= 0.3 is 6.03 Å². The number of nitrogens with zero attached hydrogens (tertiary/aromatic N) is 2. The van der Waals surface area contributed by atoms with E-state index in [0.29, 0.717) is 19.6 Å². The molecule has 7 heteroatoms. The van der Waals surface area contributed by atoms with Crippen LogP contribution in [0.25, 0.3) is 0 Å². The highest BCUT2D eigenvalue weighted by atomic mass is 16.3. The maximum absolute atomic E-state index is 12.1. The minimum Gasteiger partial charge on any atom is -0.468 e. The van der Waals surface area contributed by atoms with Crippen molar-refractivity contribution in [2.75, 3.05) is 20.6 Å². The molecule has 0 saturated carbocycles. The van der Waals surface area contributed by atoms with Crippen molar-refractivity contribution in [3.8, 4) is 0 Å². The van der Waals surface area contributed by atoms with E-state index in [1.54, 1.807) is 29.2 Å². The van der Waals surface area contributed by atoms with Crippen molar-refractivity contribution in [3.63, 3.8) is 0 Å². The summed E-state index contributed by atoms with van der Waals surface area (Å²) in [6.07, 6.45) is 3.40. The molecule has 1 atom stereocenters. The van der Waals surface area contributed by atoms with Crippen LogP contribution < -0.4 is 16.2 Å². The van der Waals surface area contributed by atoms with Gasteiger partial charge in [0, 0.05) is 25.4 Å². The van der Waals surface area contributed by atoms with Gasteiger partial charge in [0.25, 0.3) is 5.56 Å². The van der Waals surface area contributed by atoms with Crippen LogP contribution in [0.3, 0.4) is 0 Å². The van der Waals surface area contributed by atoms with Gasteiger partial charge in [0.1, 0.15) is 5.76 Å². The van der Waals surface area contributed by atoms with E-state index in [0.717, 1.165) is 16.9 Å². The van der Waals surface area contributed by atoms with Gasteiger partial charge in [0.2, 0.25) is 0 Å². The molecule has 0 radical (unpaired) electrons. The molecular formula is C22H26N4O3. The van der Waals surface area contributed by atoms with Gasteiger partial charge in [-0.05, 0) is 43.4 Å². The van der Waals surface area contributed by atoms with E-state index >= 15 is 0 Å². The standard InChI is InChI=1S/C22H26N4O3/c1-25(2)19(20-6-5-13-29-20)15-24-22(28)23-14-17-8-10-18(11-9-17)16-26-12-4-3-7-21(26)27/h3-13,19H,14-16H2,1-2H3,(H2,23,24,28). The zero-order valence-electron chi connectivity index (χ0n) is 16.7. The summed E-state index contributed by atoms with van der Waals surface area (Å²) in [7, 11) is 3.88. The fourth-order valence-corrected chi connectivity index (χ4v) is 3.00. The molecule has 0 aliphatic heterocycles. The van der Waals surface area contributed by atoms with Crippen molar-refractivity contribution >= 4 is 6.03 Å². The molecule has 7 nitrogen and oxygen atoms in total. The molecular weight excluding hydrogens is 368 g/mol. The lowest BCUT2D eigenvalue weighted by Crippen LogP contribution is -2.40. The van der Waals surface area contributed by atoms with Crippen LogP contribution in [0.1, 0.15) is 22.9 Å². The molecule has 0 spiro atoms. The second-order valence-electron chi connectivity index (χ2n) is 7.04. The zero-order chi connectivity index (χ0) is 20.6. The molecule has 2 aromatic heterocycles. The van der Waals surface area contributed by atoms with Crippen LogP contribution >= 0.6 is 0 Å². The van der Waals surface area contributed by atoms with Crippen LogP contribution in [0.15, 0.2) is 76.3 Å². The summed E-state index contributed by atoms with van der Waals surface area (Å²) in [5.41, 5.74) is 1.98. The van der Waals surface area contributed by atoms with Gasteiger partial charge in [-0.1, -0.05) is 30.3 Å². The predicted octanol–water partition coefficient (Wildman–Crippen LogP) is 2.59. The summed E-state index contributed by atoms with van der Waals surface area (Å²) in [5, 5.41) is 5.75. The lowest BCUT2D eigenvalue weighted by molar-refractivity contribution is 0.225. The molecule has 1 aromatic carbocycles. The molecule has 3 rings (SSSR count). The number of nitrogens with one attached hydrogen (secondary N) is 2. The third-order valence-corrected chi connectivity index (χ3v) is 4.68. The average molecular weight is 394 g/mol. The number of pyridine rings is 1. The van der Waals surface area contributed by atoms with Gasteiger partial charge in [-0.2, -0.15) is 0 Å². The second-order valence-corrected chi connectivity index (χ2v) is 7.04. The number of amides is 2. The third kappa shape index (κ3) is 5.83. The number of hydrogen-bond acceptors (Lipinski definition) is 4. The Morgan fingerprint density at radius 3 is 2.45 bits per heavy atom. The highest BCUT2D eigenvalue weighted by Gasteiger charge is 2.17. The van der Waals surface area contributed by atoms with Crippen molar-refractivity contribution in [1.82, 2.24) is 20.1 Å². The highest BCUT2D eigenvalue weighted by Crippen LogP contribution is 2.17. The minimum atomic E-state index is -0.233. The lowest BCUT2D eigenvalue weighted by Gasteiger charge is -2.22. The van der Waals surface area contributed by atoms with Gasteiger partial charge in [-0.3, -0.25) is 9.69 Å². The zero-order valence-corrected chi connectivity index (χ0v) is 16.7. The van der Waals surface area contributed by atoms with E-state index in [1.807, 2.05) is 61.5 Å². The minimum absolute atomic E-state index is 0.0273. The number of aromatic nitrogens is 1. The van der Waals surface area contributed by atoms with Gasteiger partial charge in [0.15, 0.2) is 0 Å². The first-order valence-electron chi connectivity index (χ1n) is 9.48. The van der Waals surface area contributed by atoms with Crippen LogP contribution in [-0.4, -0.2) is 36.1 Å². The molecule has 0 aliphatic carbocycles. The summed E-state index contributed by atoms with van der Waals surface area (Å²) in [6, 6.07) is 16.4. The summed E-state index contributed by atoms with van der Waals surface area (Å²) < 4.78 is 7.10. The Morgan fingerprint density at radius 1 is 1.03 bits per heavy atom. The fourth-order valence-electron chi connectivity index (χ4n) is 3.00. The van der Waals surface area contributed by atoms with Crippen LogP contribution in [-0.2, 0) is 13.1 Å². The number of hydrogen-bond donors (Lipinski definition) is 2. The highest BCUT2D eigenvalue weighted by molar-refractivity contribution is 5.73. The van der Waals surface area contributed by atoms with Crippen LogP contribution in [0.5, 0.6) is 0 Å². The first-order chi connectivity index (χ1) is 14.0. The molecule has 2 amide bonds. The number of benzene rings is 1. The number of furan rings is 1. The van der Waals surface area contributed by atoms with Gasteiger partial charge in [-0.25, -0.2) is 4.79 Å². The molecule has 29 heavy (non-hydrogen) atoms. The summed E-state index contributed by atoms with van der Waals surface area (Å²) >= 11 is 0. The fraction of sp³-hybridized carbons (Fsp3) is 0.273. The van der Waals surface area contributed by atoms with E-state index in [4.69, 9.17) is 4.42 Å². The molecule has 3 aromatic rings. The van der Waals surface area contributed by atoms with Crippen LogP contribution in [0.4, 0.5) is 4.79 Å². The first kappa shape index (κ1) is 20.4. The first-order valence-corrected chi connectivity index (χ1v) is 9.48. The van der Waals surface area contributed by atoms with Gasteiger partial charge < -0.3 is 19.6 Å². The monoisotopic (exact) mass is 394 g/mol. The van der Waals surface area contributed by atoms with E-state index in [2.05, 4.69) is 10.6 Å². The third-order valence-electron chi connectivity index (χ3n) is 4.68. The maximum atomic E-state index is 12.1. The lowest BCUT2D eigenvalue weighted by atomic mass is 10.1. The molecule has 2 heterocycles. The van der Waals surface area contributed by atoms with E-state index in [-0.39, 0.29) is 17.6 Å². The molecule has 0 aliphatic rings. The largest absolute Gasteiger partial charge is 0.468 e. The average Bonchev–Trinajstić information content (AvgIpc) is 3.23. The quantitative estimate of drug-likeness (QED) is 0.616. The van der Waals surface area contributed by atoms with E-state index < -0.39 is 0 Å². The van der Waals surface area contributed by atoms with Crippen LogP contribution in [0, 0.1) is 0 Å². The second kappa shape index (κ2) is 9.75. The summed E-state index contributed by atoms with van der Waals surface area (Å²) in [6.45, 7) is 1.38. The molecule has 2 N–H and O–H groups in total. The Bertz CT molecular complexity index is 962. The van der Waals surface area contributed by atoms with Gasteiger partial charge in [-0.15, -0.1) is 0 Å². The Labute approximate surface area is 170 Å². The normalized spacial score (nSPS) is 12.0. The maximum Gasteiger partial charge on any atom is 0.315 e. The Kier molecular flexibility index (Phi) is 6.86. The summed E-state index contributed by atoms with van der Waals surface area (Å²) in [4.78, 5) is 25.9. The number of carbonyl (C=O) groups excluding carboxylic acids is 1. The van der Waals surface area contributed by atoms with Crippen LogP contribution in [0.2, 0.25) is 0 Å². The van der Waals surface area contributed by atoms with Gasteiger partial charge in [0.05, 0.1) is 18.8 Å². The Hall–Kier alpha value is -3.32. The Balaban J connectivity index is 1.47. The Morgan fingerprint density at radius 2 is 1.79 bits per heavy atom. The molecule has 152 valence electrons. The van der Waals surface area contributed by atoms with Crippen molar-refractivity contribution in [2.24, 2.45) is 0 Å². The predicted molar refractivity (Wildman–Crippen MR) is 112 cm³/mol. The smallest absolute Gasteiger partial charge is 0.315 e. The van der Waals surface area contributed by atoms with Crippen molar-refractivity contribution < 1.29 is 9.21 Å². The number of rotatable bonds is 8. The van der Waals surface area contributed by atoms with Crippen molar-refractivity contribution in [1.29, 1.82) is 0 Å².